The van der Waals surface area contributed by atoms with E-state index in [4.69, 9.17) is 24.4 Å². The van der Waals surface area contributed by atoms with Gasteiger partial charge in [-0.05, 0) is 161 Å². The quantitative estimate of drug-likeness (QED) is 0.0477. The largest absolute Gasteiger partial charge is 0.477 e. The molecule has 128 heavy (non-hydrogen) atoms. The van der Waals surface area contributed by atoms with Crippen molar-refractivity contribution in [2.75, 3.05) is 159 Å². The smallest absolute Gasteiger partial charge is 0.246 e. The summed E-state index contributed by atoms with van der Waals surface area (Å²) in [5.74, 6) is 1.03. The number of hydrogen-bond acceptors (Lipinski definition) is 22. The maximum atomic E-state index is 12.6. The number of fused-ring (bicyclic) bond motifs is 6. The Balaban J connectivity index is 0.000000148. The van der Waals surface area contributed by atoms with Crippen LogP contribution in [0.15, 0.2) is 147 Å². The lowest BCUT2D eigenvalue weighted by atomic mass is 9.95. The van der Waals surface area contributed by atoms with E-state index in [0.29, 0.717) is 120 Å². The number of amides is 3. The highest BCUT2D eigenvalue weighted by Gasteiger charge is 2.41. The van der Waals surface area contributed by atoms with Gasteiger partial charge < -0.3 is 58.5 Å². The minimum Gasteiger partial charge on any atom is -0.477 e. The molecule has 11 heterocycles. The van der Waals surface area contributed by atoms with Crippen molar-refractivity contribution in [1.29, 1.82) is 31.6 Å². The van der Waals surface area contributed by atoms with Crippen LogP contribution in [-0.2, 0) is 53.3 Å². The maximum Gasteiger partial charge on any atom is 0.246 e. The number of piperidine rings is 2. The van der Waals surface area contributed by atoms with E-state index in [0.717, 1.165) is 154 Å². The van der Waals surface area contributed by atoms with Crippen LogP contribution >= 0.6 is 0 Å². The van der Waals surface area contributed by atoms with E-state index < -0.39 is 0 Å². The number of rotatable bonds is 21. The van der Waals surface area contributed by atoms with Crippen LogP contribution in [0.4, 0.5) is 39.9 Å². The molecule has 0 spiro atoms. The number of piperazine rings is 3. The zero-order chi connectivity index (χ0) is 89.5. The van der Waals surface area contributed by atoms with Crippen molar-refractivity contribution in [1.82, 2.24) is 34.6 Å². The summed E-state index contributed by atoms with van der Waals surface area (Å²) in [6, 6.07) is 51.9. The van der Waals surface area contributed by atoms with E-state index in [1.807, 2.05) is 0 Å². The predicted octanol–water partition coefficient (Wildman–Crippen LogP) is 15.3. The molecule has 656 valence electrons. The number of nitrogens with zero attached hydrogens (tertiary/aromatic N) is 20. The lowest BCUT2D eigenvalue weighted by Gasteiger charge is -2.44. The molecular formula is C103H114N20O5. The van der Waals surface area contributed by atoms with Gasteiger partial charge in [0.05, 0.1) is 116 Å². The number of hydrogen-bond donors (Lipinski definition) is 0. The molecule has 5 saturated heterocycles. The van der Waals surface area contributed by atoms with Crippen LogP contribution in [-0.4, -0.2) is 195 Å². The van der Waals surface area contributed by atoms with Crippen molar-refractivity contribution in [2.45, 2.75) is 155 Å². The van der Waals surface area contributed by atoms with Gasteiger partial charge in [0.1, 0.15) is 47.3 Å². The first kappa shape index (κ1) is 89.1. The Morgan fingerprint density at radius 2 is 0.750 bits per heavy atom. The fraction of sp³-hybridized carbons (Fsp3) is 0.417. The molecule has 3 amide bonds. The first-order valence-corrected chi connectivity index (χ1v) is 45.5. The van der Waals surface area contributed by atoms with Crippen LogP contribution in [0.2, 0.25) is 0 Å². The van der Waals surface area contributed by atoms with Gasteiger partial charge in [-0.1, -0.05) is 130 Å². The predicted molar refractivity (Wildman–Crippen MR) is 504 cm³/mol. The van der Waals surface area contributed by atoms with Gasteiger partial charge in [0.25, 0.3) is 0 Å². The average molecular weight is 1710 g/mol. The van der Waals surface area contributed by atoms with Crippen molar-refractivity contribution in [3.8, 4) is 48.2 Å². The molecule has 25 nitrogen and oxygen atoms in total. The number of carbonyl (C=O) groups excluding carboxylic acids is 3. The van der Waals surface area contributed by atoms with E-state index in [1.165, 1.54) is 110 Å². The number of nitriles is 6. The van der Waals surface area contributed by atoms with E-state index in [2.05, 4.69) is 232 Å². The van der Waals surface area contributed by atoms with Crippen LogP contribution in [0, 0.1) is 88.8 Å². The standard InChI is InChI=1S/C36H41N7O2.C34H37N7O.C33H36N6O2/c1-3-33(44)43-20-19-42(24-28(43)13-15-37)35-29-14-18-41(32-12-8-11-27-10-7-9-26(2)34(27)32)25-31(29)39-36(30(35)23-38)45-22-21-40-16-5-4-6-17-40;1-3-31(42)41-20-19-40(22-26(41)13-15-35)33-27-14-18-39(30-12-8-11-25-10-7-9-24(2)32(25)30)23-29(27)37-34(28(33)21-36)38-16-5-4-6-17-38;1-4-6-19-41-33-27(20-35)32(38-17-18-39(30(40)5-2)25(21-38)13-15-34)26-14-16-37(22-28(26)36-33)29-12-8-11-24-10-7-9-23(3)31(24)29/h3,7-12,28H,1,4-6,13-14,16-22,24-25H2,2H3;3,7-12,26H,1,4-6,13-14,16-20,22-23H2,2H3;5,7-12,25H,2,4,6,13-14,16-19,21-22H2,1,3H3/t28-;26-;25-/m000/s1. The lowest BCUT2D eigenvalue weighted by molar-refractivity contribution is -0.129. The highest BCUT2D eigenvalue weighted by Crippen LogP contribution is 2.46. The third kappa shape index (κ3) is 18.8. The second kappa shape index (κ2) is 41.2. The summed E-state index contributed by atoms with van der Waals surface area (Å²) in [5, 5.41) is 67.7. The first-order valence-electron chi connectivity index (χ1n) is 45.5. The Hall–Kier alpha value is -13.7. The van der Waals surface area contributed by atoms with Gasteiger partial charge in [-0.3, -0.25) is 19.3 Å². The summed E-state index contributed by atoms with van der Waals surface area (Å²) in [6.45, 7) is 34.0. The Morgan fingerprint density at radius 3 is 1.10 bits per heavy atom. The molecule has 25 heteroatoms. The molecule has 0 bridgehead atoms. The van der Waals surface area contributed by atoms with Gasteiger partial charge >= 0.3 is 0 Å². The third-order valence-electron chi connectivity index (χ3n) is 26.8. The molecule has 3 atom stereocenters. The molecular weight excluding hydrogens is 1600 g/mol. The van der Waals surface area contributed by atoms with Gasteiger partial charge in [-0.15, -0.1) is 0 Å². The minimum absolute atomic E-state index is 0.151. The summed E-state index contributed by atoms with van der Waals surface area (Å²) in [5.41, 5.74) is 17.5. The zero-order valence-electron chi connectivity index (χ0n) is 74.4. The number of unbranched alkanes of at least 4 members (excludes halogenated alkanes) is 1. The summed E-state index contributed by atoms with van der Waals surface area (Å²) in [6.07, 6.45) is 15.7. The number of carbonyl (C=O) groups is 3. The molecule has 5 fully saturated rings. The second-order valence-electron chi connectivity index (χ2n) is 34.5. The monoisotopic (exact) mass is 1710 g/mol. The van der Waals surface area contributed by atoms with Crippen LogP contribution in [0.3, 0.4) is 0 Å². The molecule has 9 aromatic rings. The number of pyridine rings is 3. The number of aryl methyl sites for hydroxylation is 3. The highest BCUT2D eigenvalue weighted by atomic mass is 16.5. The van der Waals surface area contributed by atoms with E-state index in [-0.39, 0.29) is 55.1 Å². The van der Waals surface area contributed by atoms with Gasteiger partial charge in [-0.2, -0.15) is 31.6 Å². The topological polar surface area (TPSA) is 287 Å². The first-order chi connectivity index (χ1) is 62.5. The fourth-order valence-electron chi connectivity index (χ4n) is 20.4. The molecule has 17 rings (SSSR count). The summed E-state index contributed by atoms with van der Waals surface area (Å²) < 4.78 is 12.5. The number of likely N-dealkylation sites (tertiary alicyclic amines) is 1. The van der Waals surface area contributed by atoms with Crippen LogP contribution in [0.25, 0.3) is 32.3 Å². The van der Waals surface area contributed by atoms with Gasteiger partial charge in [0, 0.05) is 148 Å². The minimum atomic E-state index is -0.299. The van der Waals surface area contributed by atoms with E-state index >= 15 is 0 Å². The molecule has 8 aliphatic heterocycles. The molecule has 0 aliphatic carbocycles. The number of benzene rings is 6. The van der Waals surface area contributed by atoms with Crippen molar-refractivity contribution >= 4 is 90.0 Å². The third-order valence-corrected chi connectivity index (χ3v) is 26.8. The molecule has 0 unspecified atom stereocenters. The van der Waals surface area contributed by atoms with E-state index in [9.17, 15) is 46.0 Å². The molecule has 0 N–H and O–H groups in total. The summed E-state index contributed by atoms with van der Waals surface area (Å²) in [7, 11) is 0. The molecule has 6 aromatic carbocycles. The van der Waals surface area contributed by atoms with Crippen LogP contribution in [0.1, 0.15) is 145 Å². The van der Waals surface area contributed by atoms with Crippen LogP contribution in [0.5, 0.6) is 11.8 Å². The Bertz CT molecular complexity index is 5960. The van der Waals surface area contributed by atoms with Gasteiger partial charge in [-0.25, -0.2) is 15.0 Å². The summed E-state index contributed by atoms with van der Waals surface area (Å²) in [4.78, 5) is 76.7. The fourth-order valence-corrected chi connectivity index (χ4v) is 20.4. The number of anilines is 7. The maximum absolute atomic E-state index is 12.6. The van der Waals surface area contributed by atoms with Crippen molar-refractivity contribution in [3.63, 3.8) is 0 Å². The average Bonchev–Trinajstić information content (AvgIpc) is 0.750. The highest BCUT2D eigenvalue weighted by molar-refractivity contribution is 6.00. The Kier molecular flexibility index (Phi) is 28.7. The van der Waals surface area contributed by atoms with Crippen molar-refractivity contribution in [3.05, 3.63) is 214 Å². The van der Waals surface area contributed by atoms with Crippen molar-refractivity contribution < 1.29 is 23.9 Å². The summed E-state index contributed by atoms with van der Waals surface area (Å²) >= 11 is 0. The lowest BCUT2D eigenvalue weighted by Crippen LogP contribution is -2.55. The molecule has 8 aliphatic rings. The SMILES string of the molecule is C=CC(=O)N1CCN(c2c(C#N)c(N3CCCCC3)nc3c2CCN(c2cccc4cccc(C)c24)C3)C[C@@H]1CC#N.C=CC(=O)N1CCN(c2c(C#N)c(OCCCC)nc3c2CCN(c2cccc4cccc(C)c24)C3)C[C@@H]1CC#N.C=CC(=O)N1CCN(c2c(C#N)c(OCCN3CCCCC3)nc3c2CCN(c2cccc4cccc(C)c24)C3)C[C@@H]1CC#N. The Labute approximate surface area is 752 Å². The van der Waals surface area contributed by atoms with Crippen LogP contribution < -0.4 is 43.8 Å². The van der Waals surface area contributed by atoms with Gasteiger partial charge in [0.15, 0.2) is 0 Å². The Morgan fingerprint density at radius 1 is 0.406 bits per heavy atom. The number of aromatic nitrogens is 3. The second-order valence-corrected chi connectivity index (χ2v) is 34.5. The number of ether oxygens (including phenoxy) is 2. The van der Waals surface area contributed by atoms with Gasteiger partial charge in [0.2, 0.25) is 29.5 Å². The normalized spacial score (nSPS) is 18.0. The molecule has 0 saturated carbocycles. The molecule has 3 aromatic heterocycles. The molecule has 0 radical (unpaired) electrons. The van der Waals surface area contributed by atoms with Crippen molar-refractivity contribution in [2.24, 2.45) is 0 Å². The van der Waals surface area contributed by atoms with E-state index in [1.54, 1.807) is 14.7 Å². The zero-order valence-corrected chi connectivity index (χ0v) is 74.4.